The zero-order chi connectivity index (χ0) is 11.7. The van der Waals surface area contributed by atoms with Crippen molar-refractivity contribution in [1.82, 2.24) is 0 Å². The summed E-state index contributed by atoms with van der Waals surface area (Å²) in [5.74, 6) is -1.85. The first-order chi connectivity index (χ1) is 7.02. The maximum absolute atomic E-state index is 10.2. The van der Waals surface area contributed by atoms with E-state index < -0.39 is 18.0 Å². The number of unbranched alkanes of at least 4 members (excludes halogenated alkanes) is 1. The Morgan fingerprint density at radius 1 is 1.13 bits per heavy atom. The second-order valence-corrected chi connectivity index (χ2v) is 3.24. The average molecular weight is 216 g/mol. The molecule has 5 nitrogen and oxygen atoms in total. The number of carboxylic acids is 2. The maximum Gasteiger partial charge on any atom is 0.305 e. The van der Waals surface area contributed by atoms with E-state index in [2.05, 4.69) is 0 Å². The highest BCUT2D eigenvalue weighted by molar-refractivity contribution is 5.67. The third-order valence-electron chi connectivity index (χ3n) is 1.75. The number of carboxylic acid groups (broad SMARTS) is 2. The molecular weight excluding hydrogens is 200 g/mol. The zero-order valence-corrected chi connectivity index (χ0v) is 8.43. The van der Waals surface area contributed by atoms with E-state index in [1.807, 2.05) is 0 Å². The molecule has 0 aromatic heterocycles. The number of rotatable bonds is 8. The molecular formula is C10H16O5. The molecule has 0 radical (unpaired) electrons. The lowest BCUT2D eigenvalue weighted by Crippen LogP contribution is -2.11. The van der Waals surface area contributed by atoms with Gasteiger partial charge in [-0.15, -0.1) is 0 Å². The van der Waals surface area contributed by atoms with Gasteiger partial charge in [-0.25, -0.2) is 0 Å². The van der Waals surface area contributed by atoms with E-state index in [-0.39, 0.29) is 12.8 Å². The fraction of sp³-hybridized carbons (Fsp3) is 0.600. The van der Waals surface area contributed by atoms with Crippen molar-refractivity contribution in [3.8, 4) is 0 Å². The number of allylic oxidation sites excluding steroid dienone is 1. The van der Waals surface area contributed by atoms with Gasteiger partial charge in [-0.2, -0.15) is 0 Å². The van der Waals surface area contributed by atoms with Crippen LogP contribution in [0.4, 0.5) is 0 Å². The summed E-state index contributed by atoms with van der Waals surface area (Å²) in [6, 6.07) is 0. The van der Waals surface area contributed by atoms with Crippen molar-refractivity contribution in [3.05, 3.63) is 12.2 Å². The Labute approximate surface area is 88.0 Å². The summed E-state index contributed by atoms with van der Waals surface area (Å²) in [5.41, 5.74) is 0. The molecule has 1 unspecified atom stereocenters. The number of aliphatic hydroxyl groups is 1. The van der Waals surface area contributed by atoms with Crippen molar-refractivity contribution in [2.75, 3.05) is 0 Å². The number of carbonyl (C=O) groups is 2. The first-order valence-corrected chi connectivity index (χ1v) is 4.79. The highest BCUT2D eigenvalue weighted by Crippen LogP contribution is 2.02. The quantitative estimate of drug-likeness (QED) is 0.416. The van der Waals surface area contributed by atoms with E-state index in [0.717, 1.165) is 0 Å². The topological polar surface area (TPSA) is 94.8 Å². The molecule has 0 aromatic rings. The van der Waals surface area contributed by atoms with Crippen LogP contribution in [0.2, 0.25) is 0 Å². The minimum atomic E-state index is -1.03. The van der Waals surface area contributed by atoms with Crippen LogP contribution in [-0.2, 0) is 9.59 Å². The fourth-order valence-electron chi connectivity index (χ4n) is 1.03. The van der Waals surface area contributed by atoms with Crippen LogP contribution < -0.4 is 0 Å². The van der Waals surface area contributed by atoms with Gasteiger partial charge in [0.15, 0.2) is 0 Å². The summed E-state index contributed by atoms with van der Waals surface area (Å²) < 4.78 is 0. The summed E-state index contributed by atoms with van der Waals surface area (Å²) in [5, 5.41) is 25.8. The predicted molar refractivity (Wildman–Crippen MR) is 53.5 cm³/mol. The van der Waals surface area contributed by atoms with Crippen LogP contribution in [0.15, 0.2) is 12.2 Å². The largest absolute Gasteiger partial charge is 0.481 e. The normalized spacial score (nSPS) is 12.9. The molecule has 0 aromatic carbocycles. The molecule has 86 valence electrons. The van der Waals surface area contributed by atoms with Crippen molar-refractivity contribution in [1.29, 1.82) is 0 Å². The molecule has 0 aliphatic carbocycles. The van der Waals surface area contributed by atoms with Crippen LogP contribution in [0.25, 0.3) is 0 Å². The van der Waals surface area contributed by atoms with Gasteiger partial charge in [-0.05, 0) is 19.3 Å². The SMILES string of the molecule is O=C(O)CCC/C=C/CC(O)CC(=O)O. The summed E-state index contributed by atoms with van der Waals surface area (Å²) in [6.07, 6.45) is 3.91. The molecule has 0 saturated heterocycles. The lowest BCUT2D eigenvalue weighted by molar-refractivity contribution is -0.139. The molecule has 0 spiro atoms. The van der Waals surface area contributed by atoms with Crippen molar-refractivity contribution >= 4 is 11.9 Å². The van der Waals surface area contributed by atoms with E-state index in [0.29, 0.717) is 19.3 Å². The molecule has 0 amide bonds. The molecule has 0 fully saturated rings. The Morgan fingerprint density at radius 2 is 1.80 bits per heavy atom. The van der Waals surface area contributed by atoms with E-state index in [9.17, 15) is 9.59 Å². The van der Waals surface area contributed by atoms with Gasteiger partial charge < -0.3 is 15.3 Å². The highest BCUT2D eigenvalue weighted by Gasteiger charge is 2.06. The zero-order valence-electron chi connectivity index (χ0n) is 8.43. The molecule has 15 heavy (non-hydrogen) atoms. The van der Waals surface area contributed by atoms with Crippen LogP contribution in [-0.4, -0.2) is 33.4 Å². The van der Waals surface area contributed by atoms with Gasteiger partial charge in [0.05, 0.1) is 12.5 Å². The monoisotopic (exact) mass is 216 g/mol. The van der Waals surface area contributed by atoms with Gasteiger partial charge in [0.1, 0.15) is 0 Å². The van der Waals surface area contributed by atoms with Crippen LogP contribution in [0.5, 0.6) is 0 Å². The van der Waals surface area contributed by atoms with Gasteiger partial charge in [-0.1, -0.05) is 12.2 Å². The standard InChI is InChI=1S/C10H16O5/c11-8(7-10(14)15)5-3-1-2-4-6-9(12)13/h1,3,8,11H,2,4-7H2,(H,12,13)(H,14,15)/b3-1+. The second kappa shape index (κ2) is 7.99. The molecule has 0 bridgehead atoms. The Hall–Kier alpha value is -1.36. The first kappa shape index (κ1) is 13.6. The van der Waals surface area contributed by atoms with Crippen LogP contribution in [0.3, 0.4) is 0 Å². The minimum Gasteiger partial charge on any atom is -0.481 e. The molecule has 0 saturated carbocycles. The van der Waals surface area contributed by atoms with Gasteiger partial charge in [0.25, 0.3) is 0 Å². The molecule has 0 aliphatic heterocycles. The Kier molecular flexibility index (Phi) is 7.27. The van der Waals surface area contributed by atoms with Crippen molar-refractivity contribution in [3.63, 3.8) is 0 Å². The van der Waals surface area contributed by atoms with Crippen LogP contribution in [0.1, 0.15) is 32.1 Å². The molecule has 0 aliphatic rings. The number of hydrogen-bond donors (Lipinski definition) is 3. The third-order valence-corrected chi connectivity index (χ3v) is 1.75. The fourth-order valence-corrected chi connectivity index (χ4v) is 1.03. The number of aliphatic carboxylic acids is 2. The van der Waals surface area contributed by atoms with Crippen molar-refractivity contribution < 1.29 is 24.9 Å². The smallest absolute Gasteiger partial charge is 0.305 e. The van der Waals surface area contributed by atoms with Crippen LogP contribution in [0, 0.1) is 0 Å². The van der Waals surface area contributed by atoms with Crippen LogP contribution >= 0.6 is 0 Å². The molecule has 0 rings (SSSR count). The lowest BCUT2D eigenvalue weighted by Gasteiger charge is -2.02. The van der Waals surface area contributed by atoms with Crippen molar-refractivity contribution in [2.45, 2.75) is 38.2 Å². The minimum absolute atomic E-state index is 0.127. The Bertz CT molecular complexity index is 234. The summed E-state index contributed by atoms with van der Waals surface area (Å²) >= 11 is 0. The lowest BCUT2D eigenvalue weighted by atomic mass is 10.1. The Morgan fingerprint density at radius 3 is 2.33 bits per heavy atom. The predicted octanol–water partition coefficient (Wildman–Crippen LogP) is 1.02. The summed E-state index contributed by atoms with van der Waals surface area (Å²) in [6.45, 7) is 0. The summed E-state index contributed by atoms with van der Waals surface area (Å²) in [4.78, 5) is 20.3. The molecule has 3 N–H and O–H groups in total. The second-order valence-electron chi connectivity index (χ2n) is 3.24. The third kappa shape index (κ3) is 10.6. The number of hydrogen-bond acceptors (Lipinski definition) is 3. The molecule has 0 heterocycles. The molecule has 5 heteroatoms. The average Bonchev–Trinajstić information content (AvgIpc) is 2.09. The molecule has 1 atom stereocenters. The summed E-state index contributed by atoms with van der Waals surface area (Å²) in [7, 11) is 0. The van der Waals surface area contributed by atoms with E-state index in [1.165, 1.54) is 0 Å². The Balaban J connectivity index is 3.45. The van der Waals surface area contributed by atoms with Gasteiger partial charge in [0, 0.05) is 6.42 Å². The van der Waals surface area contributed by atoms with Gasteiger partial charge >= 0.3 is 11.9 Å². The first-order valence-electron chi connectivity index (χ1n) is 4.79. The number of aliphatic hydroxyl groups excluding tert-OH is 1. The maximum atomic E-state index is 10.2. The van der Waals surface area contributed by atoms with E-state index in [1.54, 1.807) is 12.2 Å². The van der Waals surface area contributed by atoms with Gasteiger partial charge in [0.2, 0.25) is 0 Å². The highest BCUT2D eigenvalue weighted by atomic mass is 16.4. The van der Waals surface area contributed by atoms with Crippen molar-refractivity contribution in [2.24, 2.45) is 0 Å². The van der Waals surface area contributed by atoms with Gasteiger partial charge in [-0.3, -0.25) is 9.59 Å². The van der Waals surface area contributed by atoms with E-state index in [4.69, 9.17) is 15.3 Å². The van der Waals surface area contributed by atoms with E-state index >= 15 is 0 Å².